The minimum Gasteiger partial charge on any atom is -0.456 e. The van der Waals surface area contributed by atoms with Crippen molar-refractivity contribution in [3.8, 4) is 11.3 Å². The molecule has 0 spiro atoms. The van der Waals surface area contributed by atoms with Crippen LogP contribution in [0.15, 0.2) is 48.5 Å². The normalized spacial score (nSPS) is 12.5. The number of alkyl halides is 3. The average Bonchev–Trinajstić information content (AvgIpc) is 3.03. The van der Waals surface area contributed by atoms with Crippen LogP contribution in [0.1, 0.15) is 39.2 Å². The van der Waals surface area contributed by atoms with Crippen molar-refractivity contribution in [2.75, 3.05) is 6.61 Å². The van der Waals surface area contributed by atoms with Gasteiger partial charge >= 0.3 is 12.1 Å². The summed E-state index contributed by atoms with van der Waals surface area (Å²) in [7, 11) is 0. The number of rotatable bonds is 6. The van der Waals surface area contributed by atoms with Gasteiger partial charge in [-0.3, -0.25) is 9.48 Å². The van der Waals surface area contributed by atoms with Crippen LogP contribution in [0.2, 0.25) is 0 Å². The minimum atomic E-state index is -4.56. The summed E-state index contributed by atoms with van der Waals surface area (Å²) in [5.41, 5.74) is 2.49. The van der Waals surface area contributed by atoms with E-state index >= 15 is 0 Å². The molecule has 4 nitrogen and oxygen atoms in total. The summed E-state index contributed by atoms with van der Waals surface area (Å²) in [4.78, 5) is 12.3. The maximum atomic E-state index is 12.4. The molecular weight excluding hydrogens is 393 g/mol. The Morgan fingerprint density at radius 2 is 1.77 bits per heavy atom. The zero-order chi connectivity index (χ0) is 22.1. The first-order chi connectivity index (χ1) is 14.0. The zero-order valence-corrected chi connectivity index (χ0v) is 17.5. The van der Waals surface area contributed by atoms with E-state index in [9.17, 15) is 18.0 Å². The zero-order valence-electron chi connectivity index (χ0n) is 17.5. The van der Waals surface area contributed by atoms with Crippen molar-refractivity contribution in [1.82, 2.24) is 9.78 Å². The Labute approximate surface area is 173 Å². The van der Waals surface area contributed by atoms with E-state index in [2.05, 4.69) is 24.7 Å². The molecule has 0 atom stereocenters. The number of hydrogen-bond donors (Lipinski definition) is 0. The largest absolute Gasteiger partial charge is 0.456 e. The predicted molar refractivity (Wildman–Crippen MR) is 110 cm³/mol. The number of esters is 1. The highest BCUT2D eigenvalue weighted by Crippen LogP contribution is 2.33. The molecule has 0 aliphatic heterocycles. The molecule has 0 saturated heterocycles. The Morgan fingerprint density at radius 3 is 2.37 bits per heavy atom. The molecule has 30 heavy (non-hydrogen) atoms. The van der Waals surface area contributed by atoms with Gasteiger partial charge in [-0.2, -0.15) is 18.3 Å². The first-order valence-corrected chi connectivity index (χ1v) is 9.78. The van der Waals surface area contributed by atoms with Gasteiger partial charge in [0.2, 0.25) is 0 Å². The van der Waals surface area contributed by atoms with E-state index in [0.717, 1.165) is 27.7 Å². The number of fused-ring (bicyclic) bond motifs is 1. The molecule has 1 heterocycles. The summed E-state index contributed by atoms with van der Waals surface area (Å²) in [5, 5.41) is 5.66. The third kappa shape index (κ3) is 4.83. The maximum absolute atomic E-state index is 12.4. The number of aromatic nitrogens is 2. The highest BCUT2D eigenvalue weighted by molar-refractivity contribution is 5.94. The molecule has 0 aliphatic carbocycles. The van der Waals surface area contributed by atoms with Crippen molar-refractivity contribution in [2.45, 2.75) is 46.3 Å². The van der Waals surface area contributed by atoms with Crippen molar-refractivity contribution in [3.63, 3.8) is 0 Å². The van der Waals surface area contributed by atoms with E-state index in [1.54, 1.807) is 18.5 Å². The molecule has 0 amide bonds. The molecule has 0 saturated carbocycles. The third-order valence-electron chi connectivity index (χ3n) is 4.95. The van der Waals surface area contributed by atoms with E-state index < -0.39 is 24.2 Å². The molecule has 0 radical (unpaired) electrons. The Hall–Kier alpha value is -2.83. The highest BCUT2D eigenvalue weighted by Gasteiger charge is 2.36. The molecule has 3 aromatic rings. The van der Waals surface area contributed by atoms with Gasteiger partial charge in [-0.05, 0) is 37.5 Å². The van der Waals surface area contributed by atoms with Crippen LogP contribution in [-0.4, -0.2) is 28.5 Å². The molecule has 0 aliphatic rings. The predicted octanol–water partition coefficient (Wildman–Crippen LogP) is 5.96. The molecule has 7 heteroatoms. The monoisotopic (exact) mass is 418 g/mol. The van der Waals surface area contributed by atoms with Gasteiger partial charge in [0.05, 0.1) is 17.5 Å². The average molecular weight is 418 g/mol. The molecule has 1 aromatic heterocycles. The SMILES string of the molecule is CC(C)c1ccc2c(c1)c(-c1ccccc1)nn2CC(C)(C)C(=O)OCC(F)(F)F. The maximum Gasteiger partial charge on any atom is 0.422 e. The van der Waals surface area contributed by atoms with Crippen LogP contribution < -0.4 is 0 Å². The second kappa shape index (κ2) is 8.13. The van der Waals surface area contributed by atoms with Crippen LogP contribution in [0.4, 0.5) is 13.2 Å². The smallest absolute Gasteiger partial charge is 0.422 e. The molecule has 0 fully saturated rings. The molecule has 160 valence electrons. The summed E-state index contributed by atoms with van der Waals surface area (Å²) in [6.07, 6.45) is -4.56. The van der Waals surface area contributed by atoms with Gasteiger partial charge < -0.3 is 4.74 Å². The second-order valence-electron chi connectivity index (χ2n) is 8.38. The highest BCUT2D eigenvalue weighted by atomic mass is 19.4. The summed E-state index contributed by atoms with van der Waals surface area (Å²) in [6.45, 7) is 5.82. The Bertz CT molecular complexity index is 1040. The van der Waals surface area contributed by atoms with Crippen molar-refractivity contribution in [2.24, 2.45) is 5.41 Å². The lowest BCUT2D eigenvalue weighted by Crippen LogP contribution is -2.34. The number of carbonyl (C=O) groups excluding carboxylic acids is 1. The second-order valence-corrected chi connectivity index (χ2v) is 8.38. The number of benzene rings is 2. The lowest BCUT2D eigenvalue weighted by atomic mass is 9.93. The van der Waals surface area contributed by atoms with Gasteiger partial charge in [0.25, 0.3) is 0 Å². The molecule has 3 rings (SSSR count). The molecule has 0 bridgehead atoms. The topological polar surface area (TPSA) is 44.1 Å². The van der Waals surface area contributed by atoms with Crippen molar-refractivity contribution in [3.05, 3.63) is 54.1 Å². The van der Waals surface area contributed by atoms with Crippen molar-refractivity contribution >= 4 is 16.9 Å². The molecule has 2 aromatic carbocycles. The van der Waals surface area contributed by atoms with Crippen LogP contribution >= 0.6 is 0 Å². The first-order valence-electron chi connectivity index (χ1n) is 9.78. The van der Waals surface area contributed by atoms with Gasteiger partial charge in [-0.15, -0.1) is 0 Å². The fourth-order valence-electron chi connectivity index (χ4n) is 3.27. The number of carbonyl (C=O) groups is 1. The Kier molecular flexibility index (Phi) is 5.92. The van der Waals surface area contributed by atoms with Gasteiger partial charge in [-0.25, -0.2) is 0 Å². The van der Waals surface area contributed by atoms with Crippen molar-refractivity contribution < 1.29 is 22.7 Å². The molecule has 0 N–H and O–H groups in total. The number of hydrogen-bond acceptors (Lipinski definition) is 3. The molecular formula is C23H25F3N2O2. The van der Waals surface area contributed by atoms with Crippen LogP contribution in [0.25, 0.3) is 22.2 Å². The van der Waals surface area contributed by atoms with E-state index in [0.29, 0.717) is 5.92 Å². The lowest BCUT2D eigenvalue weighted by molar-refractivity contribution is -0.193. The quantitative estimate of drug-likeness (QED) is 0.464. The summed E-state index contributed by atoms with van der Waals surface area (Å²) in [6, 6.07) is 15.7. The van der Waals surface area contributed by atoms with Gasteiger partial charge in [-0.1, -0.05) is 50.2 Å². The van der Waals surface area contributed by atoms with Gasteiger partial charge in [0.15, 0.2) is 6.61 Å². The van der Waals surface area contributed by atoms with E-state index in [-0.39, 0.29) is 6.54 Å². The standard InChI is InChI=1S/C23H25F3N2O2/c1-15(2)17-10-11-19-18(12-17)20(16-8-6-5-7-9-16)27-28(19)13-22(3,4)21(29)30-14-23(24,25)26/h5-12,15H,13-14H2,1-4H3. The van der Waals surface area contributed by atoms with E-state index in [4.69, 9.17) is 5.10 Å². The summed E-state index contributed by atoms with van der Waals surface area (Å²) >= 11 is 0. The summed E-state index contributed by atoms with van der Waals surface area (Å²) in [5.74, 6) is -0.585. The molecule has 0 unspecified atom stereocenters. The van der Waals surface area contributed by atoms with Crippen LogP contribution in [-0.2, 0) is 16.1 Å². The van der Waals surface area contributed by atoms with Gasteiger partial charge in [0, 0.05) is 10.9 Å². The van der Waals surface area contributed by atoms with Crippen LogP contribution in [0, 0.1) is 5.41 Å². The van der Waals surface area contributed by atoms with Gasteiger partial charge in [0.1, 0.15) is 5.69 Å². The third-order valence-corrected chi connectivity index (χ3v) is 4.95. The minimum absolute atomic E-state index is 0.0913. The Morgan fingerprint density at radius 1 is 1.10 bits per heavy atom. The summed E-state index contributed by atoms with van der Waals surface area (Å²) < 4.78 is 43.5. The fraction of sp³-hybridized carbons (Fsp3) is 0.391. The number of halogens is 3. The lowest BCUT2D eigenvalue weighted by Gasteiger charge is -2.23. The number of nitrogens with zero attached hydrogens (tertiary/aromatic N) is 2. The van der Waals surface area contributed by atoms with E-state index in [1.807, 2.05) is 42.5 Å². The first kappa shape index (κ1) is 21.9. The van der Waals surface area contributed by atoms with Crippen LogP contribution in [0.5, 0.6) is 0 Å². The van der Waals surface area contributed by atoms with Crippen LogP contribution in [0.3, 0.4) is 0 Å². The van der Waals surface area contributed by atoms with Crippen molar-refractivity contribution in [1.29, 1.82) is 0 Å². The van der Waals surface area contributed by atoms with E-state index in [1.165, 1.54) is 0 Å². The number of ether oxygens (including phenoxy) is 1. The fourth-order valence-corrected chi connectivity index (χ4v) is 3.27. The Balaban J connectivity index is 2.00.